The van der Waals surface area contributed by atoms with E-state index in [1.807, 2.05) is 62.4 Å². The van der Waals surface area contributed by atoms with Crippen molar-refractivity contribution in [3.63, 3.8) is 0 Å². The minimum atomic E-state index is -0.869. The summed E-state index contributed by atoms with van der Waals surface area (Å²) in [5.74, 6) is 1.15. The van der Waals surface area contributed by atoms with Crippen molar-refractivity contribution < 1.29 is 14.3 Å². The first-order valence-corrected chi connectivity index (χ1v) is 9.32. The van der Waals surface area contributed by atoms with Crippen LogP contribution in [0.4, 0.5) is 0 Å². The number of rotatable bonds is 9. The summed E-state index contributed by atoms with van der Waals surface area (Å²) >= 11 is 0. The number of methoxy groups -OCH3 is 1. The third-order valence-corrected chi connectivity index (χ3v) is 4.56. The van der Waals surface area contributed by atoms with Gasteiger partial charge in [0.1, 0.15) is 6.61 Å². The lowest BCUT2D eigenvalue weighted by molar-refractivity contribution is -0.126. The zero-order valence-electron chi connectivity index (χ0n) is 17.0. The lowest BCUT2D eigenvalue weighted by Crippen LogP contribution is -2.52. The Balaban J connectivity index is 0.00000392. The van der Waals surface area contributed by atoms with Gasteiger partial charge in [0.25, 0.3) is 0 Å². The first-order chi connectivity index (χ1) is 12.9. The van der Waals surface area contributed by atoms with Gasteiger partial charge in [0, 0.05) is 0 Å². The van der Waals surface area contributed by atoms with Crippen LogP contribution in [0, 0.1) is 0 Å². The second-order valence-electron chi connectivity index (χ2n) is 7.05. The van der Waals surface area contributed by atoms with Gasteiger partial charge >= 0.3 is 0 Å². The number of carbonyl (C=O) groups is 1. The summed E-state index contributed by atoms with van der Waals surface area (Å²) in [5.41, 5.74) is 7.26. The molecule has 0 aromatic heterocycles. The van der Waals surface area contributed by atoms with Crippen LogP contribution in [-0.4, -0.2) is 18.6 Å². The van der Waals surface area contributed by atoms with Crippen LogP contribution in [0.3, 0.4) is 0 Å². The molecule has 6 heteroatoms. The van der Waals surface area contributed by atoms with Gasteiger partial charge in [-0.1, -0.05) is 49.7 Å². The topological polar surface area (TPSA) is 73.6 Å². The van der Waals surface area contributed by atoms with Gasteiger partial charge < -0.3 is 20.5 Å². The summed E-state index contributed by atoms with van der Waals surface area (Å²) in [7, 11) is 1.61. The van der Waals surface area contributed by atoms with Crippen LogP contribution in [0.25, 0.3) is 0 Å². The molecule has 2 unspecified atom stereocenters. The van der Waals surface area contributed by atoms with E-state index in [0.717, 1.165) is 17.5 Å². The predicted octanol–water partition coefficient (Wildman–Crippen LogP) is 4.39. The van der Waals surface area contributed by atoms with Crippen molar-refractivity contribution in [3.05, 3.63) is 59.7 Å². The number of nitrogens with one attached hydrogen (secondary N) is 1. The molecular formula is C22H31ClN2O3. The molecule has 28 heavy (non-hydrogen) atoms. The molecule has 5 nitrogen and oxygen atoms in total. The second kappa shape index (κ2) is 10.9. The largest absolute Gasteiger partial charge is 0.493 e. The molecular weight excluding hydrogens is 376 g/mol. The average molecular weight is 407 g/mol. The van der Waals surface area contributed by atoms with Crippen molar-refractivity contribution in [1.82, 2.24) is 5.32 Å². The van der Waals surface area contributed by atoms with E-state index in [-0.39, 0.29) is 24.4 Å². The Hall–Kier alpha value is -2.24. The molecule has 3 N–H and O–H groups in total. The number of amides is 1. The Kier molecular flexibility index (Phi) is 9.29. The van der Waals surface area contributed by atoms with Crippen molar-refractivity contribution in [1.29, 1.82) is 0 Å². The Morgan fingerprint density at radius 3 is 2.46 bits per heavy atom. The maximum Gasteiger partial charge on any atom is 0.240 e. The maximum absolute atomic E-state index is 12.4. The molecule has 0 saturated carbocycles. The van der Waals surface area contributed by atoms with E-state index in [0.29, 0.717) is 24.5 Å². The van der Waals surface area contributed by atoms with Crippen molar-refractivity contribution in [2.24, 2.45) is 5.73 Å². The van der Waals surface area contributed by atoms with Gasteiger partial charge in [0.05, 0.1) is 18.7 Å². The molecule has 0 aliphatic carbocycles. The minimum Gasteiger partial charge on any atom is -0.493 e. The fourth-order valence-electron chi connectivity index (χ4n) is 2.89. The Morgan fingerprint density at radius 2 is 1.86 bits per heavy atom. The van der Waals surface area contributed by atoms with Gasteiger partial charge in [-0.2, -0.15) is 0 Å². The molecule has 0 aliphatic rings. The Labute approximate surface area is 174 Å². The molecule has 0 bridgehead atoms. The highest BCUT2D eigenvalue weighted by Gasteiger charge is 2.28. The highest BCUT2D eigenvalue weighted by Crippen LogP contribution is 2.31. The normalized spacial score (nSPS) is 13.6. The molecule has 2 aromatic carbocycles. The Bertz CT molecular complexity index is 751. The zero-order chi connectivity index (χ0) is 19.9. The van der Waals surface area contributed by atoms with E-state index in [1.165, 1.54) is 0 Å². The van der Waals surface area contributed by atoms with Crippen LogP contribution < -0.4 is 20.5 Å². The van der Waals surface area contributed by atoms with E-state index in [9.17, 15) is 4.79 Å². The van der Waals surface area contributed by atoms with Crippen molar-refractivity contribution in [3.8, 4) is 11.5 Å². The molecule has 2 atom stereocenters. The highest BCUT2D eigenvalue weighted by atomic mass is 35.5. The van der Waals surface area contributed by atoms with Gasteiger partial charge in [-0.25, -0.2) is 0 Å². The summed E-state index contributed by atoms with van der Waals surface area (Å²) in [6.45, 7) is 6.17. The fourth-order valence-corrected chi connectivity index (χ4v) is 2.89. The molecule has 0 radical (unpaired) electrons. The van der Waals surface area contributed by atoms with Crippen molar-refractivity contribution >= 4 is 18.3 Å². The number of ether oxygens (including phenoxy) is 2. The van der Waals surface area contributed by atoms with E-state index in [1.54, 1.807) is 14.0 Å². The monoisotopic (exact) mass is 406 g/mol. The first-order valence-electron chi connectivity index (χ1n) is 9.32. The summed E-state index contributed by atoms with van der Waals surface area (Å²) in [5, 5.41) is 2.99. The van der Waals surface area contributed by atoms with Crippen molar-refractivity contribution in [2.75, 3.05) is 7.11 Å². The van der Waals surface area contributed by atoms with Crippen molar-refractivity contribution in [2.45, 2.75) is 51.8 Å². The van der Waals surface area contributed by atoms with Crippen LogP contribution in [-0.2, 0) is 11.4 Å². The average Bonchev–Trinajstić information content (AvgIpc) is 2.66. The third kappa shape index (κ3) is 6.43. The number of hydrogen-bond donors (Lipinski definition) is 2. The lowest BCUT2D eigenvalue weighted by Gasteiger charge is -2.26. The molecule has 2 rings (SSSR count). The van der Waals surface area contributed by atoms with Crippen LogP contribution in [0.15, 0.2) is 48.5 Å². The summed E-state index contributed by atoms with van der Waals surface area (Å²) in [4.78, 5) is 12.4. The Morgan fingerprint density at radius 1 is 1.18 bits per heavy atom. The van der Waals surface area contributed by atoms with Gasteiger partial charge in [0.15, 0.2) is 11.5 Å². The summed E-state index contributed by atoms with van der Waals surface area (Å²) in [6.07, 6.45) is 1.50. The summed E-state index contributed by atoms with van der Waals surface area (Å²) < 4.78 is 11.4. The minimum absolute atomic E-state index is 0. The van der Waals surface area contributed by atoms with Gasteiger partial charge in [-0.05, 0) is 43.5 Å². The number of halogens is 1. The van der Waals surface area contributed by atoms with E-state index < -0.39 is 5.54 Å². The van der Waals surface area contributed by atoms with Gasteiger partial charge in [0.2, 0.25) is 5.91 Å². The second-order valence-corrected chi connectivity index (χ2v) is 7.05. The van der Waals surface area contributed by atoms with Crippen LogP contribution in [0.5, 0.6) is 11.5 Å². The van der Waals surface area contributed by atoms with E-state index >= 15 is 0 Å². The number of carbonyl (C=O) groups excluding carboxylic acids is 1. The van der Waals surface area contributed by atoms with E-state index in [4.69, 9.17) is 15.2 Å². The molecule has 0 spiro atoms. The zero-order valence-corrected chi connectivity index (χ0v) is 17.8. The quantitative estimate of drug-likeness (QED) is 0.647. The number of benzene rings is 2. The fraction of sp³-hybridized carbons (Fsp3) is 0.409. The first kappa shape index (κ1) is 23.8. The number of nitrogens with two attached hydrogens (primary N) is 1. The van der Waals surface area contributed by atoms with Crippen LogP contribution >= 0.6 is 12.4 Å². The molecule has 0 saturated heterocycles. The molecule has 0 heterocycles. The molecule has 154 valence electrons. The smallest absolute Gasteiger partial charge is 0.240 e. The molecule has 0 aliphatic heterocycles. The van der Waals surface area contributed by atoms with Crippen LogP contribution in [0.2, 0.25) is 0 Å². The van der Waals surface area contributed by atoms with Crippen LogP contribution in [0.1, 0.15) is 50.8 Å². The standard InChI is InChI=1S/C22H30N2O3.ClH/c1-5-13-22(3,23)21(25)24-16(2)18-11-12-19(20(14-18)26-4)27-15-17-9-7-6-8-10-17;/h6-12,14,16H,5,13,15,23H2,1-4H3,(H,24,25);1H. The van der Waals surface area contributed by atoms with Gasteiger partial charge in [-0.15, -0.1) is 12.4 Å². The summed E-state index contributed by atoms with van der Waals surface area (Å²) in [6, 6.07) is 15.5. The molecule has 1 amide bonds. The SMILES string of the molecule is CCCC(C)(N)C(=O)NC(C)c1ccc(OCc2ccccc2)c(OC)c1.Cl. The highest BCUT2D eigenvalue weighted by molar-refractivity contribution is 5.86. The third-order valence-electron chi connectivity index (χ3n) is 4.56. The van der Waals surface area contributed by atoms with Gasteiger partial charge in [-0.3, -0.25) is 4.79 Å². The molecule has 2 aromatic rings. The maximum atomic E-state index is 12.4. The predicted molar refractivity (Wildman–Crippen MR) is 115 cm³/mol. The van der Waals surface area contributed by atoms with E-state index in [2.05, 4.69) is 5.32 Å². The lowest BCUT2D eigenvalue weighted by atomic mass is 9.95. The number of hydrogen-bond acceptors (Lipinski definition) is 4. The molecule has 0 fully saturated rings.